The van der Waals surface area contributed by atoms with Crippen molar-refractivity contribution in [2.45, 2.75) is 57.4 Å². The number of unbranched alkanes of at least 4 members (excludes halogenated alkanes) is 1. The first kappa shape index (κ1) is 28.3. The van der Waals surface area contributed by atoms with Gasteiger partial charge in [0.15, 0.2) is 0 Å². The second-order valence-corrected chi connectivity index (χ2v) is 11.9. The Balaban J connectivity index is 1.49. The first-order chi connectivity index (χ1) is 19.7. The maximum Gasteiger partial charge on any atom is 0.336 e. The molecule has 9 heteroatoms. The van der Waals surface area contributed by atoms with Crippen LogP contribution < -0.4 is 15.1 Å². The topological polar surface area (TPSA) is 118 Å². The number of carbonyl (C=O) groups is 1. The predicted octanol–water partition coefficient (Wildman–Crippen LogP) is 5.73. The Labute approximate surface area is 238 Å². The van der Waals surface area contributed by atoms with Crippen LogP contribution in [-0.2, 0) is 27.7 Å². The highest BCUT2D eigenvalue weighted by molar-refractivity contribution is 7.89. The molecule has 2 heterocycles. The van der Waals surface area contributed by atoms with Gasteiger partial charge in [-0.2, -0.15) is 4.72 Å². The van der Waals surface area contributed by atoms with Gasteiger partial charge in [-0.3, -0.25) is 0 Å². The molecule has 0 spiro atoms. The van der Waals surface area contributed by atoms with Gasteiger partial charge in [0, 0.05) is 40.5 Å². The molecule has 0 saturated heterocycles. The molecule has 0 bridgehead atoms. The molecule has 5 rings (SSSR count). The highest BCUT2D eigenvalue weighted by atomic mass is 32.2. The quantitative estimate of drug-likeness (QED) is 0.125. The van der Waals surface area contributed by atoms with E-state index < -0.39 is 27.7 Å². The minimum atomic E-state index is -4.06. The third kappa shape index (κ3) is 6.11. The van der Waals surface area contributed by atoms with Gasteiger partial charge >= 0.3 is 11.6 Å². The fraction of sp³-hybridized carbons (Fsp3) is 0.250. The summed E-state index contributed by atoms with van der Waals surface area (Å²) < 4.78 is 40.5. The zero-order chi connectivity index (χ0) is 29.1. The standard InChI is InChI=1S/C32H32N2O6S/c1-4-5-8-22-18-30(35)40-31-21(3)29(16-15-26(22)31)39-32(36)28(17-23-19-33-27-10-7-6-9-25(23)27)34-41(37,38)24-13-11-20(2)12-14-24/h6-7,9-16,18-19,28,33-34H,4-5,8,17H2,1-3H3/t28-/m0/s1. The first-order valence-corrected chi connectivity index (χ1v) is 15.1. The lowest BCUT2D eigenvalue weighted by molar-refractivity contribution is -0.136. The molecule has 41 heavy (non-hydrogen) atoms. The summed E-state index contributed by atoms with van der Waals surface area (Å²) in [5, 5.41) is 1.66. The van der Waals surface area contributed by atoms with Gasteiger partial charge in [0.1, 0.15) is 17.4 Å². The zero-order valence-corrected chi connectivity index (χ0v) is 24.0. The Morgan fingerprint density at radius 3 is 2.51 bits per heavy atom. The fourth-order valence-electron chi connectivity index (χ4n) is 4.94. The minimum absolute atomic E-state index is 0.0445. The monoisotopic (exact) mass is 572 g/mol. The Morgan fingerprint density at radius 2 is 1.76 bits per heavy atom. The Morgan fingerprint density at radius 1 is 1.00 bits per heavy atom. The molecule has 3 aromatic carbocycles. The van der Waals surface area contributed by atoms with Crippen molar-refractivity contribution < 1.29 is 22.4 Å². The average Bonchev–Trinajstić information content (AvgIpc) is 3.36. The third-order valence-corrected chi connectivity index (χ3v) is 8.71. The maximum absolute atomic E-state index is 13.6. The number of nitrogens with one attached hydrogen (secondary N) is 2. The smallest absolute Gasteiger partial charge is 0.336 e. The number of hydrogen-bond acceptors (Lipinski definition) is 6. The van der Waals surface area contributed by atoms with Crippen LogP contribution in [0.15, 0.2) is 87.0 Å². The second-order valence-electron chi connectivity index (χ2n) is 10.2. The van der Waals surface area contributed by atoms with Gasteiger partial charge in [-0.25, -0.2) is 18.0 Å². The van der Waals surface area contributed by atoms with Crippen LogP contribution in [0.5, 0.6) is 5.75 Å². The van der Waals surface area contributed by atoms with Gasteiger partial charge in [0.2, 0.25) is 10.0 Å². The van der Waals surface area contributed by atoms with Gasteiger partial charge in [0.05, 0.1) is 4.90 Å². The number of para-hydroxylation sites is 1. The molecule has 0 aliphatic heterocycles. The van der Waals surface area contributed by atoms with E-state index in [0.717, 1.165) is 52.2 Å². The number of carbonyl (C=O) groups excluding carboxylic acids is 1. The molecule has 1 atom stereocenters. The maximum atomic E-state index is 13.6. The normalized spacial score (nSPS) is 12.6. The summed E-state index contributed by atoms with van der Waals surface area (Å²) in [5.74, 6) is -0.588. The van der Waals surface area contributed by atoms with Gasteiger partial charge in [-0.05, 0) is 68.1 Å². The number of aromatic amines is 1. The summed E-state index contributed by atoms with van der Waals surface area (Å²) in [4.78, 5) is 29.2. The highest BCUT2D eigenvalue weighted by Crippen LogP contribution is 2.30. The van der Waals surface area contributed by atoms with Crippen molar-refractivity contribution >= 4 is 37.9 Å². The summed E-state index contributed by atoms with van der Waals surface area (Å²) in [6.45, 7) is 5.65. The number of aromatic nitrogens is 1. The molecule has 212 valence electrons. The summed E-state index contributed by atoms with van der Waals surface area (Å²) in [6.07, 6.45) is 4.44. The van der Waals surface area contributed by atoms with Crippen LogP contribution in [0.3, 0.4) is 0 Å². The number of hydrogen-bond donors (Lipinski definition) is 2. The average molecular weight is 573 g/mol. The van der Waals surface area contributed by atoms with Crippen LogP contribution in [0.25, 0.3) is 21.9 Å². The van der Waals surface area contributed by atoms with Crippen molar-refractivity contribution in [3.63, 3.8) is 0 Å². The van der Waals surface area contributed by atoms with Gasteiger partial charge < -0.3 is 14.1 Å². The van der Waals surface area contributed by atoms with E-state index in [1.807, 2.05) is 31.2 Å². The van der Waals surface area contributed by atoms with Crippen molar-refractivity contribution in [3.8, 4) is 5.75 Å². The number of H-pyrrole nitrogens is 1. The van der Waals surface area contributed by atoms with E-state index in [1.165, 1.54) is 18.2 Å². The number of sulfonamides is 1. The van der Waals surface area contributed by atoms with Crippen LogP contribution in [0, 0.1) is 13.8 Å². The number of benzene rings is 3. The number of fused-ring (bicyclic) bond motifs is 2. The molecule has 0 aliphatic rings. The number of rotatable bonds is 10. The zero-order valence-electron chi connectivity index (χ0n) is 23.2. The predicted molar refractivity (Wildman–Crippen MR) is 159 cm³/mol. The van der Waals surface area contributed by atoms with Crippen LogP contribution in [0.1, 0.15) is 42.0 Å². The Hall–Kier alpha value is -4.21. The number of aryl methyl sites for hydroxylation is 3. The van der Waals surface area contributed by atoms with Crippen LogP contribution in [-0.4, -0.2) is 25.4 Å². The molecule has 5 aromatic rings. The number of ether oxygens (including phenoxy) is 1. The third-order valence-electron chi connectivity index (χ3n) is 7.22. The van der Waals surface area contributed by atoms with E-state index in [2.05, 4.69) is 16.6 Å². The molecular weight excluding hydrogens is 540 g/mol. The van der Waals surface area contributed by atoms with Crippen molar-refractivity contribution in [1.29, 1.82) is 0 Å². The molecular formula is C32H32N2O6S. The van der Waals surface area contributed by atoms with Gasteiger partial charge in [-0.15, -0.1) is 0 Å². The number of esters is 1. The molecule has 2 N–H and O–H groups in total. The van der Waals surface area contributed by atoms with Crippen LogP contribution in [0.2, 0.25) is 0 Å². The molecule has 0 aliphatic carbocycles. The van der Waals surface area contributed by atoms with Crippen molar-refractivity contribution in [2.75, 3.05) is 0 Å². The van der Waals surface area contributed by atoms with E-state index in [0.29, 0.717) is 11.1 Å². The van der Waals surface area contributed by atoms with Crippen molar-refractivity contribution in [1.82, 2.24) is 9.71 Å². The van der Waals surface area contributed by atoms with E-state index in [9.17, 15) is 18.0 Å². The minimum Gasteiger partial charge on any atom is -0.425 e. The first-order valence-electron chi connectivity index (χ1n) is 13.6. The molecule has 0 amide bonds. The Kier molecular flexibility index (Phi) is 8.10. The molecule has 2 aromatic heterocycles. The van der Waals surface area contributed by atoms with E-state index >= 15 is 0 Å². The van der Waals surface area contributed by atoms with Crippen molar-refractivity contribution in [3.05, 3.63) is 106 Å². The summed E-state index contributed by atoms with van der Waals surface area (Å²) >= 11 is 0. The largest absolute Gasteiger partial charge is 0.425 e. The van der Waals surface area contributed by atoms with Gasteiger partial charge in [-0.1, -0.05) is 49.2 Å². The lowest BCUT2D eigenvalue weighted by Crippen LogP contribution is -2.44. The highest BCUT2D eigenvalue weighted by Gasteiger charge is 2.29. The fourth-order valence-corrected chi connectivity index (χ4v) is 6.12. The molecule has 0 unspecified atom stereocenters. The Bertz CT molecular complexity index is 1890. The van der Waals surface area contributed by atoms with Crippen molar-refractivity contribution in [2.24, 2.45) is 0 Å². The molecule has 8 nitrogen and oxygen atoms in total. The molecule has 0 radical (unpaired) electrons. The molecule has 0 fully saturated rings. The lowest BCUT2D eigenvalue weighted by Gasteiger charge is -2.19. The van der Waals surface area contributed by atoms with Gasteiger partial charge in [0.25, 0.3) is 0 Å². The summed E-state index contributed by atoms with van der Waals surface area (Å²) in [6, 6.07) is 17.7. The summed E-state index contributed by atoms with van der Waals surface area (Å²) in [7, 11) is -4.06. The van der Waals surface area contributed by atoms with Crippen LogP contribution in [0.4, 0.5) is 0 Å². The van der Waals surface area contributed by atoms with Crippen LogP contribution >= 0.6 is 0 Å². The summed E-state index contributed by atoms with van der Waals surface area (Å²) in [5.41, 5.74) is 3.78. The van der Waals surface area contributed by atoms with E-state index in [4.69, 9.17) is 9.15 Å². The van der Waals surface area contributed by atoms with E-state index in [1.54, 1.807) is 37.4 Å². The molecule has 0 saturated carbocycles. The van der Waals surface area contributed by atoms with E-state index in [-0.39, 0.29) is 17.1 Å². The SMILES string of the molecule is CCCCc1cc(=O)oc2c(C)c(OC(=O)[C@H](Cc3c[nH]c4ccccc34)NS(=O)(=O)c3ccc(C)cc3)ccc12. The second kappa shape index (κ2) is 11.7. The lowest BCUT2D eigenvalue weighted by atomic mass is 10.0.